The lowest BCUT2D eigenvalue weighted by atomic mass is 9.94. The van der Waals surface area contributed by atoms with Crippen LogP contribution in [0.1, 0.15) is 47.5 Å². The summed E-state index contributed by atoms with van der Waals surface area (Å²) in [5.74, 6) is 0. The molecular formula is C15H20IN3S. The number of nitrogens with one attached hydrogen (secondary N) is 1. The molecule has 2 aromatic heterocycles. The normalized spacial score (nSPS) is 18.2. The Morgan fingerprint density at radius 1 is 1.55 bits per heavy atom. The van der Waals surface area contributed by atoms with Gasteiger partial charge in [0, 0.05) is 36.3 Å². The predicted molar refractivity (Wildman–Crippen MR) is 92.1 cm³/mol. The molecule has 1 N–H and O–H groups in total. The number of hydrogen-bond donors (Lipinski definition) is 1. The fourth-order valence-corrected chi connectivity index (χ4v) is 5.12. The van der Waals surface area contributed by atoms with Crippen molar-refractivity contribution in [1.29, 1.82) is 0 Å². The molecule has 1 aliphatic rings. The van der Waals surface area contributed by atoms with Gasteiger partial charge in [0.05, 0.1) is 8.58 Å². The lowest BCUT2D eigenvalue weighted by molar-refractivity contribution is 0.462. The molecule has 5 heteroatoms. The maximum Gasteiger partial charge on any atom is 0.0666 e. The molecule has 0 saturated heterocycles. The zero-order chi connectivity index (χ0) is 14.1. The zero-order valence-corrected chi connectivity index (χ0v) is 14.9. The van der Waals surface area contributed by atoms with Crippen LogP contribution in [0.2, 0.25) is 0 Å². The molecule has 3 rings (SSSR count). The number of thiophene rings is 1. The lowest BCUT2D eigenvalue weighted by Gasteiger charge is -2.23. The first kappa shape index (κ1) is 14.5. The number of aromatic nitrogens is 2. The molecule has 0 fully saturated rings. The van der Waals surface area contributed by atoms with Gasteiger partial charge < -0.3 is 5.32 Å². The Hall–Kier alpha value is -0.400. The minimum Gasteiger partial charge on any atom is -0.306 e. The molecular weight excluding hydrogens is 381 g/mol. The maximum atomic E-state index is 4.52. The van der Waals surface area contributed by atoms with Crippen LogP contribution < -0.4 is 5.32 Å². The third-order valence-corrected chi connectivity index (χ3v) is 5.92. The number of aryl methyl sites for hydroxylation is 3. The summed E-state index contributed by atoms with van der Waals surface area (Å²) in [6.07, 6.45) is 6.96. The SMILES string of the molecule is CCc1nn(C)cc1CNC1CCCc2sc(I)cc21. The van der Waals surface area contributed by atoms with E-state index in [1.807, 2.05) is 23.1 Å². The van der Waals surface area contributed by atoms with Gasteiger partial charge in [0.25, 0.3) is 0 Å². The first-order valence-electron chi connectivity index (χ1n) is 7.20. The van der Waals surface area contributed by atoms with Crippen LogP contribution in [0, 0.1) is 2.88 Å². The highest BCUT2D eigenvalue weighted by molar-refractivity contribution is 14.1. The van der Waals surface area contributed by atoms with Crippen LogP contribution in [0.15, 0.2) is 12.3 Å². The van der Waals surface area contributed by atoms with E-state index in [9.17, 15) is 0 Å². The van der Waals surface area contributed by atoms with Gasteiger partial charge in [-0.25, -0.2) is 0 Å². The Bertz CT molecular complexity index is 602. The van der Waals surface area contributed by atoms with Crippen LogP contribution in [0.25, 0.3) is 0 Å². The summed E-state index contributed by atoms with van der Waals surface area (Å²) in [5, 5.41) is 8.26. The van der Waals surface area contributed by atoms with Crippen LogP contribution in [0.4, 0.5) is 0 Å². The Labute approximate surface area is 137 Å². The number of halogens is 1. The van der Waals surface area contributed by atoms with Crippen LogP contribution in [-0.2, 0) is 26.4 Å². The minimum absolute atomic E-state index is 0.517. The molecule has 0 spiro atoms. The molecule has 1 atom stereocenters. The van der Waals surface area contributed by atoms with E-state index in [0.29, 0.717) is 6.04 Å². The van der Waals surface area contributed by atoms with Crippen molar-refractivity contribution >= 4 is 33.9 Å². The van der Waals surface area contributed by atoms with Gasteiger partial charge in [0.1, 0.15) is 0 Å². The van der Waals surface area contributed by atoms with E-state index in [1.54, 1.807) is 4.88 Å². The Kier molecular flexibility index (Phi) is 4.47. The van der Waals surface area contributed by atoms with Gasteiger partial charge in [-0.05, 0) is 59.9 Å². The van der Waals surface area contributed by atoms with Gasteiger partial charge in [0.2, 0.25) is 0 Å². The first-order chi connectivity index (χ1) is 9.67. The van der Waals surface area contributed by atoms with E-state index in [2.05, 4.69) is 52.2 Å². The van der Waals surface area contributed by atoms with Gasteiger partial charge in [-0.3, -0.25) is 4.68 Å². The van der Waals surface area contributed by atoms with Gasteiger partial charge in [-0.15, -0.1) is 11.3 Å². The molecule has 0 aromatic carbocycles. The molecule has 108 valence electrons. The van der Waals surface area contributed by atoms with Gasteiger partial charge in [-0.1, -0.05) is 6.92 Å². The Morgan fingerprint density at radius 3 is 3.20 bits per heavy atom. The lowest BCUT2D eigenvalue weighted by Crippen LogP contribution is -2.24. The summed E-state index contributed by atoms with van der Waals surface area (Å²) in [4.78, 5) is 1.58. The van der Waals surface area contributed by atoms with E-state index in [4.69, 9.17) is 0 Å². The zero-order valence-electron chi connectivity index (χ0n) is 11.9. The van der Waals surface area contributed by atoms with Crippen molar-refractivity contribution in [1.82, 2.24) is 15.1 Å². The standard InChI is InChI=1S/C15H20IN3S/c1-3-12-10(9-19(2)18-12)8-17-13-5-4-6-14-11(13)7-15(16)20-14/h7,9,13,17H,3-6,8H2,1-2H3. The largest absolute Gasteiger partial charge is 0.306 e. The van der Waals surface area contributed by atoms with Crippen LogP contribution in [0.3, 0.4) is 0 Å². The molecule has 20 heavy (non-hydrogen) atoms. The van der Waals surface area contributed by atoms with Crippen molar-refractivity contribution in [2.24, 2.45) is 7.05 Å². The van der Waals surface area contributed by atoms with Gasteiger partial charge in [0.15, 0.2) is 0 Å². The van der Waals surface area contributed by atoms with Crippen molar-refractivity contribution in [2.45, 2.75) is 45.2 Å². The fraction of sp³-hybridized carbons (Fsp3) is 0.533. The maximum absolute atomic E-state index is 4.52. The predicted octanol–water partition coefficient (Wildman–Crippen LogP) is 3.82. The van der Waals surface area contributed by atoms with Gasteiger partial charge in [-0.2, -0.15) is 5.10 Å². The molecule has 1 unspecified atom stereocenters. The molecule has 0 aliphatic heterocycles. The van der Waals surface area contributed by atoms with Crippen LogP contribution in [-0.4, -0.2) is 9.78 Å². The monoisotopic (exact) mass is 401 g/mol. The van der Waals surface area contributed by atoms with E-state index >= 15 is 0 Å². The molecule has 0 amide bonds. The van der Waals surface area contributed by atoms with Crippen molar-refractivity contribution in [2.75, 3.05) is 0 Å². The van der Waals surface area contributed by atoms with Crippen LogP contribution >= 0.6 is 33.9 Å². The third-order valence-electron chi connectivity index (χ3n) is 3.95. The molecule has 2 heterocycles. The number of hydrogen-bond acceptors (Lipinski definition) is 3. The van der Waals surface area contributed by atoms with Crippen molar-refractivity contribution in [3.63, 3.8) is 0 Å². The Balaban J connectivity index is 1.73. The highest BCUT2D eigenvalue weighted by Gasteiger charge is 2.22. The molecule has 0 radical (unpaired) electrons. The smallest absolute Gasteiger partial charge is 0.0666 e. The quantitative estimate of drug-likeness (QED) is 0.790. The van der Waals surface area contributed by atoms with Gasteiger partial charge >= 0.3 is 0 Å². The van der Waals surface area contributed by atoms with E-state index < -0.39 is 0 Å². The summed E-state index contributed by atoms with van der Waals surface area (Å²) in [5.41, 5.74) is 4.09. The van der Waals surface area contributed by atoms with Crippen molar-refractivity contribution < 1.29 is 0 Å². The number of fused-ring (bicyclic) bond motifs is 1. The number of nitrogens with zero attached hydrogens (tertiary/aromatic N) is 2. The van der Waals surface area contributed by atoms with E-state index in [1.165, 1.54) is 39.0 Å². The minimum atomic E-state index is 0.517. The highest BCUT2D eigenvalue weighted by Crippen LogP contribution is 2.36. The topological polar surface area (TPSA) is 29.9 Å². The summed E-state index contributed by atoms with van der Waals surface area (Å²) in [7, 11) is 2.00. The summed E-state index contributed by atoms with van der Waals surface area (Å²) >= 11 is 4.40. The molecule has 0 saturated carbocycles. The summed E-state index contributed by atoms with van der Waals surface area (Å²) < 4.78 is 3.34. The van der Waals surface area contributed by atoms with Crippen LogP contribution in [0.5, 0.6) is 0 Å². The number of rotatable bonds is 4. The van der Waals surface area contributed by atoms with Crippen molar-refractivity contribution in [3.8, 4) is 0 Å². The average Bonchev–Trinajstić information content (AvgIpc) is 2.97. The van der Waals surface area contributed by atoms with E-state index in [-0.39, 0.29) is 0 Å². The highest BCUT2D eigenvalue weighted by atomic mass is 127. The molecule has 1 aliphatic carbocycles. The van der Waals surface area contributed by atoms with E-state index in [0.717, 1.165) is 13.0 Å². The summed E-state index contributed by atoms with van der Waals surface area (Å²) in [6.45, 7) is 3.10. The van der Waals surface area contributed by atoms with Crippen molar-refractivity contribution in [3.05, 3.63) is 36.8 Å². The second-order valence-electron chi connectivity index (χ2n) is 5.38. The molecule has 2 aromatic rings. The molecule has 0 bridgehead atoms. The summed E-state index contributed by atoms with van der Waals surface area (Å²) in [6, 6.07) is 2.88. The first-order valence-corrected chi connectivity index (χ1v) is 9.09. The fourth-order valence-electron chi connectivity index (χ4n) is 3.00. The second kappa shape index (κ2) is 6.15. The molecule has 3 nitrogen and oxygen atoms in total. The third kappa shape index (κ3) is 2.94. The Morgan fingerprint density at radius 2 is 2.40 bits per heavy atom. The average molecular weight is 401 g/mol. The second-order valence-corrected chi connectivity index (χ2v) is 8.41.